The fourth-order valence-corrected chi connectivity index (χ4v) is 1.62. The molecule has 0 heterocycles. The van der Waals surface area contributed by atoms with Gasteiger partial charge in [-0.15, -0.1) is 0 Å². The second-order valence-corrected chi connectivity index (χ2v) is 4.77. The smallest absolute Gasteiger partial charge is 0.139 e. The highest BCUT2D eigenvalue weighted by Crippen LogP contribution is 2.21. The molecule has 0 spiro atoms. The normalized spacial score (nSPS) is 11.6. The summed E-state index contributed by atoms with van der Waals surface area (Å²) in [5.74, 6) is -0.304. The molecule has 0 saturated heterocycles. The molecule has 0 radical (unpaired) electrons. The van der Waals surface area contributed by atoms with Crippen LogP contribution >= 0.6 is 15.9 Å². The van der Waals surface area contributed by atoms with Gasteiger partial charge < -0.3 is 10.4 Å². The van der Waals surface area contributed by atoms with E-state index >= 15 is 0 Å². The van der Waals surface area contributed by atoms with Crippen LogP contribution in [0.3, 0.4) is 0 Å². The van der Waals surface area contributed by atoms with E-state index in [1.807, 2.05) is 13.8 Å². The molecule has 0 bridgehead atoms. The number of nitrogens with one attached hydrogen (secondary N) is 1. The van der Waals surface area contributed by atoms with Gasteiger partial charge in [0.1, 0.15) is 5.82 Å². The molecule has 2 N–H and O–H groups in total. The van der Waals surface area contributed by atoms with Gasteiger partial charge in [0.25, 0.3) is 0 Å². The van der Waals surface area contributed by atoms with E-state index in [-0.39, 0.29) is 5.82 Å². The van der Waals surface area contributed by atoms with Crippen LogP contribution in [0.2, 0.25) is 0 Å². The van der Waals surface area contributed by atoms with Crippen LogP contribution in [0, 0.1) is 5.82 Å². The summed E-state index contributed by atoms with van der Waals surface area (Å²) < 4.78 is 13.7. The molecule has 2 nitrogen and oxygen atoms in total. The molecule has 0 aromatic heterocycles. The van der Waals surface area contributed by atoms with Gasteiger partial charge in [0, 0.05) is 12.2 Å². The van der Waals surface area contributed by atoms with Crippen molar-refractivity contribution in [1.82, 2.24) is 0 Å². The van der Waals surface area contributed by atoms with Crippen molar-refractivity contribution in [1.29, 1.82) is 0 Å². The molecule has 0 unspecified atom stereocenters. The topological polar surface area (TPSA) is 32.3 Å². The summed E-state index contributed by atoms with van der Waals surface area (Å²) in [6.45, 7) is 4.31. The number of aliphatic hydroxyl groups is 1. The lowest BCUT2D eigenvalue weighted by Crippen LogP contribution is -2.35. The number of rotatable bonds is 5. The van der Waals surface area contributed by atoms with Gasteiger partial charge in [-0.25, -0.2) is 4.39 Å². The van der Waals surface area contributed by atoms with Crippen LogP contribution in [0.5, 0.6) is 0 Å². The summed E-state index contributed by atoms with van der Waals surface area (Å²) in [4.78, 5) is 0. The van der Waals surface area contributed by atoms with Crippen molar-refractivity contribution >= 4 is 21.6 Å². The zero-order valence-electron chi connectivity index (χ0n) is 9.56. The monoisotopic (exact) mass is 289 g/mol. The van der Waals surface area contributed by atoms with E-state index in [9.17, 15) is 9.50 Å². The molecule has 0 amide bonds. The van der Waals surface area contributed by atoms with Crippen molar-refractivity contribution in [3.63, 3.8) is 0 Å². The van der Waals surface area contributed by atoms with Gasteiger partial charge in [0.15, 0.2) is 0 Å². The minimum absolute atomic E-state index is 0.304. The minimum Gasteiger partial charge on any atom is -0.388 e. The lowest BCUT2D eigenvalue weighted by molar-refractivity contribution is 0.0457. The van der Waals surface area contributed by atoms with E-state index in [1.54, 1.807) is 12.1 Å². The van der Waals surface area contributed by atoms with Gasteiger partial charge in [-0.1, -0.05) is 13.8 Å². The predicted octanol–water partition coefficient (Wildman–Crippen LogP) is 3.55. The number of benzene rings is 1. The molecule has 0 aliphatic carbocycles. The largest absolute Gasteiger partial charge is 0.388 e. The highest BCUT2D eigenvalue weighted by atomic mass is 79.9. The second kappa shape index (κ2) is 5.64. The molecule has 0 atom stereocenters. The summed E-state index contributed by atoms with van der Waals surface area (Å²) in [5, 5.41) is 13.1. The molecular formula is C12H17BrFNO. The number of hydrogen-bond donors (Lipinski definition) is 2. The molecule has 0 saturated carbocycles. The number of anilines is 1. The third-order valence-electron chi connectivity index (χ3n) is 2.86. The SMILES string of the molecule is CCC(O)(CC)CNc1ccc(Br)c(F)c1. The summed E-state index contributed by atoms with van der Waals surface area (Å²) in [7, 11) is 0. The van der Waals surface area contributed by atoms with Crippen LogP contribution in [0.25, 0.3) is 0 Å². The minimum atomic E-state index is -0.719. The first-order valence-corrected chi connectivity index (χ1v) is 6.21. The average Bonchev–Trinajstić information content (AvgIpc) is 2.30. The van der Waals surface area contributed by atoms with Crippen molar-refractivity contribution in [2.45, 2.75) is 32.3 Å². The van der Waals surface area contributed by atoms with Gasteiger partial charge in [0.05, 0.1) is 10.1 Å². The van der Waals surface area contributed by atoms with Crippen molar-refractivity contribution < 1.29 is 9.50 Å². The Balaban J connectivity index is 2.64. The maximum Gasteiger partial charge on any atom is 0.139 e. The quantitative estimate of drug-likeness (QED) is 0.869. The molecule has 1 rings (SSSR count). The average molecular weight is 290 g/mol. The first kappa shape index (κ1) is 13.5. The predicted molar refractivity (Wildman–Crippen MR) is 68.1 cm³/mol. The Morgan fingerprint density at radius 2 is 2.00 bits per heavy atom. The van der Waals surface area contributed by atoms with Crippen molar-refractivity contribution in [3.05, 3.63) is 28.5 Å². The van der Waals surface area contributed by atoms with Gasteiger partial charge in [-0.3, -0.25) is 0 Å². The van der Waals surface area contributed by atoms with E-state index in [4.69, 9.17) is 0 Å². The van der Waals surface area contributed by atoms with Gasteiger partial charge >= 0.3 is 0 Å². The Morgan fingerprint density at radius 3 is 2.50 bits per heavy atom. The van der Waals surface area contributed by atoms with Crippen LogP contribution < -0.4 is 5.32 Å². The van der Waals surface area contributed by atoms with E-state index in [0.717, 1.165) is 0 Å². The molecule has 16 heavy (non-hydrogen) atoms. The molecule has 1 aromatic carbocycles. The zero-order valence-corrected chi connectivity index (χ0v) is 11.1. The van der Waals surface area contributed by atoms with E-state index in [1.165, 1.54) is 6.07 Å². The first-order valence-electron chi connectivity index (χ1n) is 5.42. The molecule has 0 fully saturated rings. The van der Waals surface area contributed by atoms with Crippen LogP contribution in [0.15, 0.2) is 22.7 Å². The van der Waals surface area contributed by atoms with Crippen LogP contribution in [-0.4, -0.2) is 17.3 Å². The molecule has 1 aromatic rings. The summed E-state index contributed by atoms with van der Waals surface area (Å²) >= 11 is 3.10. The maximum absolute atomic E-state index is 13.2. The van der Waals surface area contributed by atoms with Crippen LogP contribution in [0.1, 0.15) is 26.7 Å². The highest BCUT2D eigenvalue weighted by Gasteiger charge is 2.21. The summed E-state index contributed by atoms with van der Waals surface area (Å²) in [6.07, 6.45) is 1.35. The molecule has 4 heteroatoms. The maximum atomic E-state index is 13.2. The molecule has 0 aliphatic rings. The number of hydrogen-bond acceptors (Lipinski definition) is 2. The third kappa shape index (κ3) is 3.46. The van der Waals surface area contributed by atoms with Crippen molar-refractivity contribution in [2.75, 3.05) is 11.9 Å². The van der Waals surface area contributed by atoms with Crippen LogP contribution in [0.4, 0.5) is 10.1 Å². The fraction of sp³-hybridized carbons (Fsp3) is 0.500. The third-order valence-corrected chi connectivity index (χ3v) is 3.50. The molecule has 90 valence electrons. The first-order chi connectivity index (χ1) is 7.50. The van der Waals surface area contributed by atoms with Crippen molar-refractivity contribution in [2.24, 2.45) is 0 Å². The Hall–Kier alpha value is -0.610. The lowest BCUT2D eigenvalue weighted by atomic mass is 9.97. The Bertz CT molecular complexity index is 353. The summed E-state index contributed by atoms with van der Waals surface area (Å²) in [5.41, 5.74) is -0.0372. The van der Waals surface area contributed by atoms with Gasteiger partial charge in [0.2, 0.25) is 0 Å². The van der Waals surface area contributed by atoms with Gasteiger partial charge in [-0.05, 0) is 47.0 Å². The van der Waals surface area contributed by atoms with E-state index in [0.29, 0.717) is 29.5 Å². The van der Waals surface area contributed by atoms with Crippen LogP contribution in [-0.2, 0) is 0 Å². The lowest BCUT2D eigenvalue weighted by Gasteiger charge is -2.26. The Morgan fingerprint density at radius 1 is 1.38 bits per heavy atom. The van der Waals surface area contributed by atoms with E-state index in [2.05, 4.69) is 21.2 Å². The fourth-order valence-electron chi connectivity index (χ4n) is 1.37. The van der Waals surface area contributed by atoms with Gasteiger partial charge in [-0.2, -0.15) is 0 Å². The standard InChI is InChI=1S/C12H17BrFNO/c1-3-12(16,4-2)8-15-9-5-6-10(13)11(14)7-9/h5-7,15-16H,3-4,8H2,1-2H3. The summed E-state index contributed by atoms with van der Waals surface area (Å²) in [6, 6.07) is 4.84. The molecule has 0 aliphatic heterocycles. The highest BCUT2D eigenvalue weighted by molar-refractivity contribution is 9.10. The van der Waals surface area contributed by atoms with Crippen molar-refractivity contribution in [3.8, 4) is 0 Å². The Labute approximate surface area is 104 Å². The number of halogens is 2. The Kier molecular flexibility index (Phi) is 4.74. The molecular weight excluding hydrogens is 273 g/mol. The zero-order chi connectivity index (χ0) is 12.2. The second-order valence-electron chi connectivity index (χ2n) is 3.91. The van der Waals surface area contributed by atoms with E-state index < -0.39 is 5.60 Å².